The Morgan fingerprint density at radius 1 is 1.23 bits per heavy atom. The molecule has 1 saturated heterocycles. The van der Waals surface area contributed by atoms with Crippen LogP contribution >= 0.6 is 0 Å². The molecule has 1 atom stereocenters. The number of hydrazone groups is 1. The number of rotatable bonds is 6. The van der Waals surface area contributed by atoms with Crippen LogP contribution in [0.15, 0.2) is 53.6 Å². The van der Waals surface area contributed by atoms with Gasteiger partial charge in [0.2, 0.25) is 5.91 Å². The van der Waals surface area contributed by atoms with Gasteiger partial charge in [-0.15, -0.1) is 0 Å². The first-order valence-electron chi connectivity index (χ1n) is 8.72. The van der Waals surface area contributed by atoms with E-state index in [9.17, 15) is 29.3 Å². The SMILES string of the molecule is COc1cccc(N2C(=O)NC(=O)[C@@H](/C=N\NC(=O)c3ccc([N+](=O)[O-])cc3)C2=O)c1. The van der Waals surface area contributed by atoms with Crippen molar-refractivity contribution in [1.82, 2.24) is 10.7 Å². The van der Waals surface area contributed by atoms with Crippen LogP contribution in [0.5, 0.6) is 5.75 Å². The molecule has 0 aromatic heterocycles. The molecule has 31 heavy (non-hydrogen) atoms. The fraction of sp³-hybridized carbons (Fsp3) is 0.105. The molecule has 1 fully saturated rings. The van der Waals surface area contributed by atoms with Gasteiger partial charge in [0.15, 0.2) is 5.92 Å². The zero-order chi connectivity index (χ0) is 22.5. The minimum absolute atomic E-state index is 0.0790. The molecule has 0 spiro atoms. The monoisotopic (exact) mass is 425 g/mol. The third-order valence-electron chi connectivity index (χ3n) is 4.24. The predicted molar refractivity (Wildman–Crippen MR) is 107 cm³/mol. The van der Waals surface area contributed by atoms with Crippen molar-refractivity contribution >= 4 is 41.3 Å². The van der Waals surface area contributed by atoms with Gasteiger partial charge in [-0.05, 0) is 24.3 Å². The van der Waals surface area contributed by atoms with E-state index in [1.165, 1.54) is 31.4 Å². The van der Waals surface area contributed by atoms with E-state index in [1.807, 2.05) is 0 Å². The Hall–Kier alpha value is -4.61. The van der Waals surface area contributed by atoms with Crippen LogP contribution in [0, 0.1) is 16.0 Å². The maximum atomic E-state index is 12.7. The van der Waals surface area contributed by atoms with Crippen molar-refractivity contribution in [2.75, 3.05) is 12.0 Å². The summed E-state index contributed by atoms with van der Waals surface area (Å²) in [7, 11) is 1.42. The number of amides is 5. The zero-order valence-electron chi connectivity index (χ0n) is 16.0. The number of benzene rings is 2. The van der Waals surface area contributed by atoms with Crippen LogP contribution in [0.25, 0.3) is 0 Å². The Morgan fingerprint density at radius 3 is 2.58 bits per heavy atom. The zero-order valence-corrected chi connectivity index (χ0v) is 16.0. The van der Waals surface area contributed by atoms with Gasteiger partial charge in [-0.3, -0.25) is 29.8 Å². The number of nitro groups is 1. The van der Waals surface area contributed by atoms with Crippen LogP contribution in [-0.2, 0) is 9.59 Å². The van der Waals surface area contributed by atoms with Crippen molar-refractivity contribution in [3.63, 3.8) is 0 Å². The van der Waals surface area contributed by atoms with E-state index < -0.39 is 34.6 Å². The van der Waals surface area contributed by atoms with Crippen molar-refractivity contribution < 1.29 is 28.8 Å². The van der Waals surface area contributed by atoms with Crippen LogP contribution in [0.3, 0.4) is 0 Å². The number of urea groups is 1. The van der Waals surface area contributed by atoms with Gasteiger partial charge >= 0.3 is 6.03 Å². The summed E-state index contributed by atoms with van der Waals surface area (Å²) in [4.78, 5) is 59.9. The molecule has 1 heterocycles. The molecule has 0 aliphatic carbocycles. The Morgan fingerprint density at radius 2 is 1.94 bits per heavy atom. The van der Waals surface area contributed by atoms with Crippen molar-refractivity contribution in [3.8, 4) is 5.75 Å². The van der Waals surface area contributed by atoms with Crippen molar-refractivity contribution in [2.45, 2.75) is 0 Å². The number of nitrogens with zero attached hydrogens (tertiary/aromatic N) is 3. The van der Waals surface area contributed by atoms with E-state index in [-0.39, 0.29) is 16.9 Å². The molecular formula is C19H15N5O7. The number of anilines is 1. The Labute approximate surface area is 174 Å². The van der Waals surface area contributed by atoms with Crippen molar-refractivity contribution in [1.29, 1.82) is 0 Å². The molecule has 5 amide bonds. The van der Waals surface area contributed by atoms with Crippen LogP contribution in [0.1, 0.15) is 10.4 Å². The number of hydrogen-bond donors (Lipinski definition) is 2. The molecule has 0 saturated carbocycles. The largest absolute Gasteiger partial charge is 0.497 e. The molecular weight excluding hydrogens is 410 g/mol. The normalized spacial score (nSPS) is 16.2. The van der Waals surface area contributed by atoms with Gasteiger partial charge in [0.1, 0.15) is 5.75 Å². The highest BCUT2D eigenvalue weighted by Gasteiger charge is 2.40. The van der Waals surface area contributed by atoms with E-state index >= 15 is 0 Å². The molecule has 12 nitrogen and oxygen atoms in total. The number of carbonyl (C=O) groups is 4. The highest BCUT2D eigenvalue weighted by molar-refractivity contribution is 6.32. The fourth-order valence-electron chi connectivity index (χ4n) is 2.69. The third-order valence-corrected chi connectivity index (χ3v) is 4.24. The Bertz CT molecular complexity index is 1100. The van der Waals surface area contributed by atoms with Gasteiger partial charge in [-0.1, -0.05) is 6.07 Å². The second-order valence-corrected chi connectivity index (χ2v) is 6.17. The van der Waals surface area contributed by atoms with Gasteiger partial charge in [-0.2, -0.15) is 5.10 Å². The van der Waals surface area contributed by atoms with Gasteiger partial charge in [-0.25, -0.2) is 15.1 Å². The third kappa shape index (κ3) is 4.53. The van der Waals surface area contributed by atoms with Crippen molar-refractivity contribution in [3.05, 3.63) is 64.2 Å². The lowest BCUT2D eigenvalue weighted by Gasteiger charge is -2.28. The molecule has 1 aliphatic rings. The number of methoxy groups -OCH3 is 1. The van der Waals surface area contributed by atoms with Crippen LogP contribution in [0.4, 0.5) is 16.2 Å². The second kappa shape index (κ2) is 8.82. The summed E-state index contributed by atoms with van der Waals surface area (Å²) in [5.74, 6) is -3.55. The smallest absolute Gasteiger partial charge is 0.335 e. The molecule has 0 radical (unpaired) electrons. The highest BCUT2D eigenvalue weighted by atomic mass is 16.6. The van der Waals surface area contributed by atoms with E-state index in [0.717, 1.165) is 23.2 Å². The molecule has 0 bridgehead atoms. The Kier molecular flexibility index (Phi) is 6.00. The quantitative estimate of drug-likeness (QED) is 0.304. The lowest BCUT2D eigenvalue weighted by molar-refractivity contribution is -0.384. The lowest BCUT2D eigenvalue weighted by atomic mass is 10.1. The number of barbiturate groups is 1. The van der Waals surface area contributed by atoms with Crippen molar-refractivity contribution in [2.24, 2.45) is 11.0 Å². The summed E-state index contributed by atoms with van der Waals surface area (Å²) in [6.07, 6.45) is 0.889. The maximum absolute atomic E-state index is 12.7. The second-order valence-electron chi connectivity index (χ2n) is 6.17. The van der Waals surface area contributed by atoms with Crippen LogP contribution in [0.2, 0.25) is 0 Å². The first-order chi connectivity index (χ1) is 14.8. The first kappa shape index (κ1) is 21.1. The summed E-state index contributed by atoms with van der Waals surface area (Å²) in [5, 5.41) is 16.3. The molecule has 1 aliphatic heterocycles. The highest BCUT2D eigenvalue weighted by Crippen LogP contribution is 2.24. The number of hydrogen-bond acceptors (Lipinski definition) is 8. The molecule has 2 N–H and O–H groups in total. The van der Waals surface area contributed by atoms with Crippen LogP contribution in [-0.4, -0.2) is 42.0 Å². The molecule has 2 aromatic carbocycles. The molecule has 12 heteroatoms. The number of nitrogens with one attached hydrogen (secondary N) is 2. The summed E-state index contributed by atoms with van der Waals surface area (Å²) in [6.45, 7) is 0. The number of carbonyl (C=O) groups excluding carboxylic acids is 4. The topological polar surface area (TPSA) is 160 Å². The summed E-state index contributed by atoms with van der Waals surface area (Å²) in [5.41, 5.74) is 2.20. The van der Waals surface area contributed by atoms with E-state index in [2.05, 4.69) is 15.8 Å². The van der Waals surface area contributed by atoms with Crippen LogP contribution < -0.4 is 20.4 Å². The average Bonchev–Trinajstić information content (AvgIpc) is 2.76. The fourth-order valence-corrected chi connectivity index (χ4v) is 2.69. The molecule has 3 rings (SSSR count). The van der Waals surface area contributed by atoms with Gasteiger partial charge in [0, 0.05) is 30.0 Å². The average molecular weight is 425 g/mol. The first-order valence-corrected chi connectivity index (χ1v) is 8.72. The van der Waals surface area contributed by atoms with Gasteiger partial charge in [0.25, 0.3) is 17.5 Å². The van der Waals surface area contributed by atoms with E-state index in [0.29, 0.717) is 5.75 Å². The Balaban J connectivity index is 1.73. The van der Waals surface area contributed by atoms with E-state index in [1.54, 1.807) is 12.1 Å². The maximum Gasteiger partial charge on any atom is 0.335 e. The summed E-state index contributed by atoms with van der Waals surface area (Å²) in [6, 6.07) is 9.94. The number of imide groups is 2. The standard InChI is InChI=1S/C19H15N5O7/c1-31-14-4-2-3-13(9-14)23-18(27)15(17(26)21-19(23)28)10-20-22-16(25)11-5-7-12(8-6-11)24(29)30/h2-10,15H,1H3,(H,22,25)(H,21,26,28)/b20-10-/t15-/m1/s1. The summed E-state index contributed by atoms with van der Waals surface area (Å²) < 4.78 is 5.07. The minimum Gasteiger partial charge on any atom is -0.497 e. The molecule has 2 aromatic rings. The minimum atomic E-state index is -1.47. The van der Waals surface area contributed by atoms with Gasteiger partial charge < -0.3 is 4.74 Å². The lowest BCUT2D eigenvalue weighted by Crippen LogP contribution is -2.58. The van der Waals surface area contributed by atoms with E-state index in [4.69, 9.17) is 4.74 Å². The molecule has 0 unspecified atom stereocenters. The number of nitro benzene ring substituents is 1. The predicted octanol–water partition coefficient (Wildman–Crippen LogP) is 1.22. The number of non-ortho nitro benzene ring substituents is 1. The van der Waals surface area contributed by atoms with Gasteiger partial charge in [0.05, 0.1) is 17.7 Å². The molecule has 158 valence electrons. The summed E-state index contributed by atoms with van der Waals surface area (Å²) >= 11 is 0. The number of ether oxygens (including phenoxy) is 1.